The van der Waals surface area contributed by atoms with Crippen LogP contribution in [0.1, 0.15) is 10.4 Å². The third kappa shape index (κ3) is 4.86. The molecule has 0 aromatic heterocycles. The van der Waals surface area contributed by atoms with Gasteiger partial charge in [0.25, 0.3) is 15.9 Å². The number of nitrogens with one attached hydrogen (secondary N) is 1. The number of amides is 1. The summed E-state index contributed by atoms with van der Waals surface area (Å²) in [4.78, 5) is 12.3. The van der Waals surface area contributed by atoms with Gasteiger partial charge in [0, 0.05) is 10.5 Å². The fourth-order valence-electron chi connectivity index (χ4n) is 2.86. The Kier molecular flexibility index (Phi) is 7.05. The van der Waals surface area contributed by atoms with Crippen molar-refractivity contribution in [3.05, 3.63) is 101 Å². The smallest absolute Gasteiger partial charge is 0.264 e. The van der Waals surface area contributed by atoms with Crippen LogP contribution in [-0.2, 0) is 10.0 Å². The van der Waals surface area contributed by atoms with Crippen molar-refractivity contribution < 1.29 is 26.4 Å². The van der Waals surface area contributed by atoms with Gasteiger partial charge in [0.2, 0.25) is 0 Å². The van der Waals surface area contributed by atoms with E-state index in [1.807, 2.05) is 0 Å². The summed E-state index contributed by atoms with van der Waals surface area (Å²) in [7, 11) is -4.20. The van der Waals surface area contributed by atoms with Gasteiger partial charge in [0.15, 0.2) is 5.82 Å². The highest BCUT2D eigenvalue weighted by Gasteiger charge is 2.26. The van der Waals surface area contributed by atoms with Crippen LogP contribution < -0.4 is 9.62 Å². The average molecular weight is 525 g/mol. The van der Waals surface area contributed by atoms with Crippen LogP contribution in [0.25, 0.3) is 0 Å². The predicted octanol–water partition coefficient (Wildman–Crippen LogP) is 5.50. The van der Waals surface area contributed by atoms with Crippen LogP contribution in [-0.4, -0.2) is 20.9 Å². The van der Waals surface area contributed by atoms with E-state index in [0.29, 0.717) is 11.8 Å². The third-order valence-electron chi connectivity index (χ3n) is 4.35. The first kappa shape index (κ1) is 23.6. The molecule has 10 heteroatoms. The summed E-state index contributed by atoms with van der Waals surface area (Å²) in [5, 5.41) is 2.14. The second kappa shape index (κ2) is 9.58. The number of carbonyl (C=O) groups excluding carboxylic acids is 1. The van der Waals surface area contributed by atoms with Crippen LogP contribution >= 0.6 is 15.9 Å². The maximum absolute atomic E-state index is 14.4. The lowest BCUT2D eigenvalue weighted by Crippen LogP contribution is -2.31. The van der Waals surface area contributed by atoms with E-state index in [0.717, 1.165) is 28.6 Å². The fourth-order valence-corrected chi connectivity index (χ4v) is 4.83. The topological polar surface area (TPSA) is 66.5 Å². The number of para-hydroxylation sites is 1. The molecule has 166 valence electrons. The Morgan fingerprint density at radius 1 is 1.03 bits per heavy atom. The van der Waals surface area contributed by atoms with Gasteiger partial charge in [-0.15, -0.1) is 6.58 Å². The number of carbonyl (C=O) groups is 1. The summed E-state index contributed by atoms with van der Waals surface area (Å²) in [5.74, 6) is -4.10. The number of benzene rings is 3. The fraction of sp³-hybridized carbons (Fsp3) is 0.0455. The molecule has 0 saturated carbocycles. The Morgan fingerprint density at radius 3 is 2.34 bits per heavy atom. The Bertz CT molecular complexity index is 1260. The van der Waals surface area contributed by atoms with Gasteiger partial charge in [0.05, 0.1) is 28.4 Å². The molecule has 0 fully saturated rings. The molecule has 0 aliphatic heterocycles. The lowest BCUT2D eigenvalue weighted by molar-refractivity contribution is 0.102. The van der Waals surface area contributed by atoms with Crippen LogP contribution in [0.5, 0.6) is 0 Å². The van der Waals surface area contributed by atoms with Crippen molar-refractivity contribution in [2.45, 2.75) is 4.90 Å². The highest BCUT2D eigenvalue weighted by molar-refractivity contribution is 9.10. The number of nitrogens with zero attached hydrogens (tertiary/aromatic N) is 1. The normalized spacial score (nSPS) is 11.1. The first-order valence-corrected chi connectivity index (χ1v) is 11.3. The molecule has 3 aromatic rings. The molecular formula is C22H16BrF3N2O3S. The van der Waals surface area contributed by atoms with Gasteiger partial charge in [-0.2, -0.15) is 0 Å². The molecule has 0 bridgehead atoms. The Labute approximate surface area is 191 Å². The molecule has 0 radical (unpaired) electrons. The van der Waals surface area contributed by atoms with Crippen molar-refractivity contribution in [1.29, 1.82) is 0 Å². The number of anilines is 2. The summed E-state index contributed by atoms with van der Waals surface area (Å²) in [6, 6.07) is 12.3. The zero-order valence-corrected chi connectivity index (χ0v) is 18.8. The van der Waals surface area contributed by atoms with Gasteiger partial charge in [-0.05, 0) is 52.3 Å². The molecule has 32 heavy (non-hydrogen) atoms. The quantitative estimate of drug-likeness (QED) is 0.415. The summed E-state index contributed by atoms with van der Waals surface area (Å²) in [6.07, 6.45) is 1.39. The SMILES string of the molecule is C=CCN(c1ccccc1)S(=O)(=O)c1ccc(F)c(C(=O)Nc2c(F)cc(F)cc2Br)c1. The van der Waals surface area contributed by atoms with Gasteiger partial charge in [-0.1, -0.05) is 24.3 Å². The van der Waals surface area contributed by atoms with E-state index in [1.54, 1.807) is 30.3 Å². The van der Waals surface area contributed by atoms with Gasteiger partial charge in [-0.25, -0.2) is 21.6 Å². The Hall–Kier alpha value is -3.11. The molecule has 0 spiro atoms. The van der Waals surface area contributed by atoms with E-state index in [9.17, 15) is 26.4 Å². The number of rotatable bonds is 7. The van der Waals surface area contributed by atoms with Crippen molar-refractivity contribution in [3.8, 4) is 0 Å². The number of hydrogen-bond donors (Lipinski definition) is 1. The molecule has 3 rings (SSSR count). The minimum Gasteiger partial charge on any atom is -0.318 e. The highest BCUT2D eigenvalue weighted by atomic mass is 79.9. The molecule has 1 amide bonds. The summed E-state index contributed by atoms with van der Waals surface area (Å²) in [5.41, 5.74) is -0.699. The van der Waals surface area contributed by atoms with E-state index in [4.69, 9.17) is 0 Å². The predicted molar refractivity (Wildman–Crippen MR) is 120 cm³/mol. The maximum Gasteiger partial charge on any atom is 0.264 e. The number of halogens is 4. The first-order valence-electron chi connectivity index (χ1n) is 9.09. The van der Waals surface area contributed by atoms with Gasteiger partial charge < -0.3 is 5.32 Å². The number of hydrogen-bond acceptors (Lipinski definition) is 3. The largest absolute Gasteiger partial charge is 0.318 e. The third-order valence-corrected chi connectivity index (χ3v) is 6.77. The molecule has 0 atom stereocenters. The molecule has 3 aromatic carbocycles. The second-order valence-corrected chi connectivity index (χ2v) is 9.22. The Morgan fingerprint density at radius 2 is 1.72 bits per heavy atom. The molecule has 0 saturated heterocycles. The minimum atomic E-state index is -4.20. The van der Waals surface area contributed by atoms with Crippen LogP contribution in [0.3, 0.4) is 0 Å². The van der Waals surface area contributed by atoms with Crippen molar-refractivity contribution in [3.63, 3.8) is 0 Å². The minimum absolute atomic E-state index is 0.0704. The lowest BCUT2D eigenvalue weighted by atomic mass is 10.2. The van der Waals surface area contributed by atoms with Crippen molar-refractivity contribution in [2.24, 2.45) is 0 Å². The molecule has 5 nitrogen and oxygen atoms in total. The monoisotopic (exact) mass is 524 g/mol. The van der Waals surface area contributed by atoms with Gasteiger partial charge in [0.1, 0.15) is 11.6 Å². The zero-order chi connectivity index (χ0) is 23.5. The second-order valence-electron chi connectivity index (χ2n) is 6.50. The number of sulfonamides is 1. The van der Waals surface area contributed by atoms with Crippen molar-refractivity contribution in [1.82, 2.24) is 0 Å². The van der Waals surface area contributed by atoms with E-state index >= 15 is 0 Å². The standard InChI is InChI=1S/C22H16BrF3N2O3S/c1-2-10-28(15-6-4-3-5-7-15)32(30,31)16-8-9-19(25)17(13-16)22(29)27-21-18(23)11-14(24)12-20(21)26/h2-9,11-13H,1,10H2,(H,27,29). The summed E-state index contributed by atoms with van der Waals surface area (Å²) >= 11 is 2.93. The lowest BCUT2D eigenvalue weighted by Gasteiger charge is -2.23. The molecule has 0 aliphatic carbocycles. The van der Waals surface area contributed by atoms with Gasteiger partial charge in [-0.3, -0.25) is 9.10 Å². The first-order chi connectivity index (χ1) is 15.1. The Balaban J connectivity index is 2.01. The van der Waals surface area contributed by atoms with E-state index < -0.39 is 44.6 Å². The van der Waals surface area contributed by atoms with Gasteiger partial charge >= 0.3 is 0 Å². The highest BCUT2D eigenvalue weighted by Crippen LogP contribution is 2.29. The van der Waals surface area contributed by atoms with Crippen LogP contribution in [0.4, 0.5) is 24.5 Å². The van der Waals surface area contributed by atoms with Crippen molar-refractivity contribution in [2.75, 3.05) is 16.2 Å². The molecule has 0 heterocycles. The van der Waals surface area contributed by atoms with E-state index in [2.05, 4.69) is 27.8 Å². The van der Waals surface area contributed by atoms with Crippen LogP contribution in [0.15, 0.2) is 82.7 Å². The maximum atomic E-state index is 14.4. The summed E-state index contributed by atoms with van der Waals surface area (Å²) in [6.45, 7) is 3.50. The molecular weight excluding hydrogens is 509 g/mol. The molecule has 1 N–H and O–H groups in total. The van der Waals surface area contributed by atoms with E-state index in [-0.39, 0.29) is 15.9 Å². The van der Waals surface area contributed by atoms with Crippen LogP contribution in [0, 0.1) is 17.5 Å². The van der Waals surface area contributed by atoms with Crippen LogP contribution in [0.2, 0.25) is 0 Å². The molecule has 0 aliphatic rings. The van der Waals surface area contributed by atoms with Crippen molar-refractivity contribution >= 4 is 43.2 Å². The zero-order valence-electron chi connectivity index (χ0n) is 16.4. The summed E-state index contributed by atoms with van der Waals surface area (Å²) < 4.78 is 69.1. The van der Waals surface area contributed by atoms with E-state index in [1.165, 1.54) is 6.08 Å². The average Bonchev–Trinajstić information content (AvgIpc) is 2.75. The molecule has 0 unspecified atom stereocenters.